The van der Waals surface area contributed by atoms with Crippen LogP contribution in [-0.2, 0) is 23.9 Å². The first-order chi connectivity index (χ1) is 13.2. The second kappa shape index (κ2) is 8.56. The molecule has 0 aromatic heterocycles. The summed E-state index contributed by atoms with van der Waals surface area (Å²) >= 11 is 0. The van der Waals surface area contributed by atoms with E-state index in [0.29, 0.717) is 18.4 Å². The standard InChI is InChI=1S/C23H32O5/c1-7-15(2)8-9-22(5)16(3)10-21(27-6)23(14-25)18(13-24)11-19(12-20(22)23)28-17(4)26/h7-8,11,13-14,16,19-21H,1,9-10,12H2,2-6H3/b15-8+/t16-,19-,20+,21+,22-,23+/m1/s1. The zero-order valence-corrected chi connectivity index (χ0v) is 17.6. The van der Waals surface area contributed by atoms with Crippen LogP contribution in [0.25, 0.3) is 0 Å². The molecule has 2 rings (SSSR count). The molecule has 0 spiro atoms. The largest absolute Gasteiger partial charge is 0.458 e. The Balaban J connectivity index is 2.64. The molecule has 2 aliphatic carbocycles. The summed E-state index contributed by atoms with van der Waals surface area (Å²) in [4.78, 5) is 36.1. The first-order valence-corrected chi connectivity index (χ1v) is 9.82. The summed E-state index contributed by atoms with van der Waals surface area (Å²) in [6.45, 7) is 11.5. The van der Waals surface area contributed by atoms with Crippen molar-refractivity contribution < 1.29 is 23.9 Å². The van der Waals surface area contributed by atoms with E-state index in [1.807, 2.05) is 6.92 Å². The van der Waals surface area contributed by atoms with Gasteiger partial charge in [0.15, 0.2) is 0 Å². The van der Waals surface area contributed by atoms with Gasteiger partial charge in [0.05, 0.1) is 11.5 Å². The maximum Gasteiger partial charge on any atom is 0.303 e. The molecule has 2 aliphatic rings. The fraction of sp³-hybridized carbons (Fsp3) is 0.609. The Morgan fingerprint density at radius 2 is 2.00 bits per heavy atom. The number of rotatable bonds is 7. The summed E-state index contributed by atoms with van der Waals surface area (Å²) in [6, 6.07) is 0. The van der Waals surface area contributed by atoms with Crippen LogP contribution in [0.15, 0.2) is 36.0 Å². The van der Waals surface area contributed by atoms with Gasteiger partial charge in [-0.1, -0.05) is 38.2 Å². The lowest BCUT2D eigenvalue weighted by atomic mass is 9.45. The van der Waals surface area contributed by atoms with Gasteiger partial charge in [0.1, 0.15) is 18.7 Å². The van der Waals surface area contributed by atoms with Crippen LogP contribution in [0.3, 0.4) is 0 Å². The van der Waals surface area contributed by atoms with Crippen molar-refractivity contribution >= 4 is 18.5 Å². The van der Waals surface area contributed by atoms with Gasteiger partial charge in [-0.25, -0.2) is 0 Å². The van der Waals surface area contributed by atoms with E-state index >= 15 is 0 Å². The number of methoxy groups -OCH3 is 1. The minimum Gasteiger partial charge on any atom is -0.458 e. The van der Waals surface area contributed by atoms with E-state index in [4.69, 9.17) is 9.47 Å². The normalized spacial score (nSPS) is 38.0. The monoisotopic (exact) mass is 388 g/mol. The van der Waals surface area contributed by atoms with Gasteiger partial charge in [0, 0.05) is 19.6 Å². The third-order valence-electron chi connectivity index (χ3n) is 7.04. The van der Waals surface area contributed by atoms with E-state index in [0.717, 1.165) is 24.6 Å². The minimum atomic E-state index is -1.04. The molecule has 5 nitrogen and oxygen atoms in total. The predicted octanol–water partition coefficient (Wildman–Crippen LogP) is 3.83. The van der Waals surface area contributed by atoms with E-state index in [2.05, 4.69) is 26.5 Å². The Labute approximate surface area is 167 Å². The van der Waals surface area contributed by atoms with Crippen molar-refractivity contribution in [2.24, 2.45) is 22.7 Å². The molecule has 0 saturated heterocycles. The molecule has 28 heavy (non-hydrogen) atoms. The van der Waals surface area contributed by atoms with Crippen molar-refractivity contribution in [3.63, 3.8) is 0 Å². The third kappa shape index (κ3) is 3.64. The van der Waals surface area contributed by atoms with E-state index in [9.17, 15) is 14.4 Å². The van der Waals surface area contributed by atoms with E-state index in [-0.39, 0.29) is 17.3 Å². The van der Waals surface area contributed by atoms with Gasteiger partial charge in [0.2, 0.25) is 0 Å². The van der Waals surface area contributed by atoms with Gasteiger partial charge >= 0.3 is 5.97 Å². The number of allylic oxidation sites excluding steroid dienone is 3. The summed E-state index contributed by atoms with van der Waals surface area (Å²) in [5.41, 5.74) is 0.114. The summed E-state index contributed by atoms with van der Waals surface area (Å²) in [5, 5.41) is 0. The molecule has 0 aromatic carbocycles. The number of aldehydes is 2. The first kappa shape index (κ1) is 22.3. The molecule has 0 aromatic rings. The highest BCUT2D eigenvalue weighted by atomic mass is 16.5. The number of carbonyl (C=O) groups is 3. The molecule has 0 heterocycles. The van der Waals surface area contributed by atoms with Crippen LogP contribution in [0.4, 0.5) is 0 Å². The van der Waals surface area contributed by atoms with E-state index in [1.54, 1.807) is 19.3 Å². The molecular weight excluding hydrogens is 356 g/mol. The van der Waals surface area contributed by atoms with Crippen molar-refractivity contribution in [1.29, 1.82) is 0 Å². The number of hydrogen-bond donors (Lipinski definition) is 0. The van der Waals surface area contributed by atoms with Crippen molar-refractivity contribution in [2.45, 2.75) is 59.2 Å². The smallest absolute Gasteiger partial charge is 0.303 e. The van der Waals surface area contributed by atoms with E-state index in [1.165, 1.54) is 6.92 Å². The molecule has 154 valence electrons. The van der Waals surface area contributed by atoms with Crippen LogP contribution in [0, 0.1) is 22.7 Å². The maximum atomic E-state index is 12.6. The summed E-state index contributed by atoms with van der Waals surface area (Å²) < 4.78 is 11.2. The SMILES string of the molecule is C=C/C(C)=C/C[C@]1(C)[C@H](C)C[C@H](OC)[C@@]2(C=O)C(C=O)=C[C@@H](OC(C)=O)C[C@@H]12. The van der Waals surface area contributed by atoms with Gasteiger partial charge < -0.3 is 14.3 Å². The Kier molecular flexibility index (Phi) is 6.81. The van der Waals surface area contributed by atoms with Gasteiger partial charge in [-0.05, 0) is 49.5 Å². The third-order valence-corrected chi connectivity index (χ3v) is 7.04. The fourth-order valence-electron chi connectivity index (χ4n) is 5.16. The van der Waals surface area contributed by atoms with Crippen molar-refractivity contribution in [3.05, 3.63) is 36.0 Å². The molecule has 1 fully saturated rings. The van der Waals surface area contributed by atoms with Crippen LogP contribution < -0.4 is 0 Å². The topological polar surface area (TPSA) is 69.7 Å². The van der Waals surface area contributed by atoms with Gasteiger partial charge in [-0.3, -0.25) is 9.59 Å². The number of fused-ring (bicyclic) bond motifs is 1. The number of carbonyl (C=O) groups excluding carboxylic acids is 3. The molecule has 6 atom stereocenters. The van der Waals surface area contributed by atoms with Crippen LogP contribution in [-0.4, -0.2) is 37.9 Å². The zero-order chi connectivity index (χ0) is 21.1. The molecule has 0 amide bonds. The highest BCUT2D eigenvalue weighted by Gasteiger charge is 2.62. The summed E-state index contributed by atoms with van der Waals surface area (Å²) in [6.07, 6.45) is 8.17. The highest BCUT2D eigenvalue weighted by molar-refractivity contribution is 5.86. The van der Waals surface area contributed by atoms with E-state index < -0.39 is 23.6 Å². The number of hydrogen-bond acceptors (Lipinski definition) is 5. The summed E-state index contributed by atoms with van der Waals surface area (Å²) in [5.74, 6) is -0.357. The maximum absolute atomic E-state index is 12.6. The van der Waals surface area contributed by atoms with Gasteiger partial charge in [0.25, 0.3) is 0 Å². The van der Waals surface area contributed by atoms with Crippen LogP contribution in [0.5, 0.6) is 0 Å². The Bertz CT molecular complexity index is 706. The zero-order valence-electron chi connectivity index (χ0n) is 17.6. The van der Waals surface area contributed by atoms with Crippen LogP contribution >= 0.6 is 0 Å². The molecule has 0 radical (unpaired) electrons. The average molecular weight is 389 g/mol. The lowest BCUT2D eigenvalue weighted by molar-refractivity contribution is -0.167. The van der Waals surface area contributed by atoms with Crippen LogP contribution in [0.1, 0.15) is 47.0 Å². The van der Waals surface area contributed by atoms with Crippen molar-refractivity contribution in [2.75, 3.05) is 7.11 Å². The molecule has 0 unspecified atom stereocenters. The molecule has 0 aliphatic heterocycles. The Hall–Kier alpha value is -2.01. The Morgan fingerprint density at radius 3 is 2.50 bits per heavy atom. The molecular formula is C23H32O5. The van der Waals surface area contributed by atoms with Crippen molar-refractivity contribution in [1.82, 2.24) is 0 Å². The molecule has 0 bridgehead atoms. The number of ether oxygens (including phenoxy) is 2. The fourth-order valence-corrected chi connectivity index (χ4v) is 5.16. The van der Waals surface area contributed by atoms with Crippen molar-refractivity contribution in [3.8, 4) is 0 Å². The average Bonchev–Trinajstić information content (AvgIpc) is 2.67. The number of esters is 1. The lowest BCUT2D eigenvalue weighted by Gasteiger charge is -2.59. The summed E-state index contributed by atoms with van der Waals surface area (Å²) in [7, 11) is 1.59. The second-order valence-electron chi connectivity index (χ2n) is 8.45. The van der Waals surface area contributed by atoms with Gasteiger partial charge in [-0.2, -0.15) is 0 Å². The Morgan fingerprint density at radius 1 is 1.32 bits per heavy atom. The quantitative estimate of drug-likeness (QED) is 0.377. The van der Waals surface area contributed by atoms with Crippen LogP contribution in [0.2, 0.25) is 0 Å². The first-order valence-electron chi connectivity index (χ1n) is 9.82. The lowest BCUT2D eigenvalue weighted by Crippen LogP contribution is -2.61. The van der Waals surface area contributed by atoms with Gasteiger partial charge in [-0.15, -0.1) is 0 Å². The molecule has 0 N–H and O–H groups in total. The molecule has 5 heteroatoms. The molecule has 1 saturated carbocycles. The predicted molar refractivity (Wildman–Crippen MR) is 108 cm³/mol. The second-order valence-corrected chi connectivity index (χ2v) is 8.45. The highest BCUT2D eigenvalue weighted by Crippen LogP contribution is 2.61. The minimum absolute atomic E-state index is 0.199.